The minimum atomic E-state index is 1.26. The van der Waals surface area contributed by atoms with Gasteiger partial charge in [-0.15, -0.1) is 0 Å². The van der Waals surface area contributed by atoms with E-state index in [0.29, 0.717) is 0 Å². The van der Waals surface area contributed by atoms with Gasteiger partial charge in [0.25, 0.3) is 0 Å². The fourth-order valence-electron chi connectivity index (χ4n) is 8.04. The highest BCUT2D eigenvalue weighted by Crippen LogP contribution is 2.49. The first-order chi connectivity index (χ1) is 22.1. The molecule has 0 bridgehead atoms. The third-order valence-corrected chi connectivity index (χ3v) is 9.88. The molecular weight excluding hydrogens is 553 g/mol. The highest BCUT2D eigenvalue weighted by Gasteiger charge is 2.22. The molecule has 0 fully saturated rings. The number of hydrogen-bond donors (Lipinski definition) is 0. The lowest BCUT2D eigenvalue weighted by atomic mass is 9.80. The van der Waals surface area contributed by atoms with Crippen LogP contribution in [0.15, 0.2) is 109 Å². The van der Waals surface area contributed by atoms with E-state index in [-0.39, 0.29) is 0 Å². The number of aryl methyl sites for hydroxylation is 8. The number of fused-ring (bicyclic) bond motifs is 2. The summed E-state index contributed by atoms with van der Waals surface area (Å²) in [5.74, 6) is 0. The smallest absolute Gasteiger partial charge is 0.00208 e. The van der Waals surface area contributed by atoms with Crippen LogP contribution >= 0.6 is 0 Å². The van der Waals surface area contributed by atoms with Crippen molar-refractivity contribution in [1.82, 2.24) is 0 Å². The number of hydrogen-bond acceptors (Lipinski definition) is 0. The van der Waals surface area contributed by atoms with Gasteiger partial charge in [-0.3, -0.25) is 0 Å². The van der Waals surface area contributed by atoms with Gasteiger partial charge in [0.1, 0.15) is 0 Å². The summed E-state index contributed by atoms with van der Waals surface area (Å²) in [6.45, 7) is 18.0. The molecule has 0 nitrogen and oxygen atoms in total. The predicted octanol–water partition coefficient (Wildman–Crippen LogP) is 13.1. The van der Waals surface area contributed by atoms with Gasteiger partial charge >= 0.3 is 0 Å². The molecule has 7 aromatic rings. The second kappa shape index (κ2) is 11.5. The molecule has 0 spiro atoms. The average molecular weight is 595 g/mol. The van der Waals surface area contributed by atoms with Crippen molar-refractivity contribution in [2.45, 2.75) is 55.4 Å². The van der Waals surface area contributed by atoms with E-state index in [1.165, 1.54) is 111 Å². The van der Waals surface area contributed by atoms with E-state index in [1.807, 2.05) is 0 Å². The molecular formula is C46H42. The quantitative estimate of drug-likeness (QED) is 0.178. The summed E-state index contributed by atoms with van der Waals surface area (Å²) in [6, 6.07) is 41.3. The molecule has 7 rings (SSSR count). The molecule has 0 saturated heterocycles. The van der Waals surface area contributed by atoms with Gasteiger partial charge in [0.15, 0.2) is 0 Å². The third-order valence-electron chi connectivity index (χ3n) is 9.88. The Balaban J connectivity index is 1.72. The largest absolute Gasteiger partial charge is 0.0620 e. The molecule has 0 N–H and O–H groups in total. The summed E-state index contributed by atoms with van der Waals surface area (Å²) in [5, 5.41) is 5.22. The average Bonchev–Trinajstić information content (AvgIpc) is 3.01. The summed E-state index contributed by atoms with van der Waals surface area (Å²) >= 11 is 0. The van der Waals surface area contributed by atoms with Gasteiger partial charge in [-0.2, -0.15) is 0 Å². The SMILES string of the molecule is Cc1cc(C)c(-c2c3ccc(-c4ccccc4C)cc3c(-c3c(C)cc(C)cc3C)c3ccc(-c4ccccc4C)cc23)c(C)c1. The molecule has 0 amide bonds. The minimum absolute atomic E-state index is 1.26. The van der Waals surface area contributed by atoms with Crippen LogP contribution in [0, 0.1) is 55.4 Å². The van der Waals surface area contributed by atoms with Crippen LogP contribution in [0.4, 0.5) is 0 Å². The first kappa shape index (κ1) is 29.8. The van der Waals surface area contributed by atoms with Crippen molar-refractivity contribution < 1.29 is 0 Å². The molecule has 0 heterocycles. The van der Waals surface area contributed by atoms with Crippen molar-refractivity contribution in [3.63, 3.8) is 0 Å². The third kappa shape index (κ3) is 4.94. The van der Waals surface area contributed by atoms with Gasteiger partial charge in [0, 0.05) is 0 Å². The van der Waals surface area contributed by atoms with Crippen molar-refractivity contribution >= 4 is 21.5 Å². The zero-order valence-corrected chi connectivity index (χ0v) is 28.4. The van der Waals surface area contributed by atoms with Gasteiger partial charge in [0.05, 0.1) is 0 Å². The van der Waals surface area contributed by atoms with Gasteiger partial charge < -0.3 is 0 Å². The molecule has 0 heteroatoms. The molecule has 46 heavy (non-hydrogen) atoms. The molecule has 0 aromatic heterocycles. The maximum Gasteiger partial charge on any atom is -0.00208 e. The van der Waals surface area contributed by atoms with Crippen molar-refractivity contribution in [3.05, 3.63) is 154 Å². The van der Waals surface area contributed by atoms with Gasteiger partial charge in [-0.1, -0.05) is 108 Å². The summed E-state index contributed by atoms with van der Waals surface area (Å²) in [6.07, 6.45) is 0. The first-order valence-corrected chi connectivity index (χ1v) is 16.4. The Morgan fingerprint density at radius 1 is 0.283 bits per heavy atom. The van der Waals surface area contributed by atoms with Gasteiger partial charge in [0.2, 0.25) is 0 Å². The lowest BCUT2D eigenvalue weighted by Gasteiger charge is -2.24. The Hall–Kier alpha value is -4.94. The van der Waals surface area contributed by atoms with Gasteiger partial charge in [-0.05, 0) is 167 Å². The Morgan fingerprint density at radius 3 is 0.978 bits per heavy atom. The van der Waals surface area contributed by atoms with Crippen molar-refractivity contribution in [2.75, 3.05) is 0 Å². The summed E-state index contributed by atoms with van der Waals surface area (Å²) in [4.78, 5) is 0. The number of benzene rings is 7. The Bertz CT molecular complexity index is 2120. The van der Waals surface area contributed by atoms with Gasteiger partial charge in [-0.25, -0.2) is 0 Å². The maximum absolute atomic E-state index is 2.46. The maximum atomic E-state index is 2.46. The Labute approximate surface area is 274 Å². The summed E-state index contributed by atoms with van der Waals surface area (Å²) in [5.41, 5.74) is 20.9. The zero-order valence-electron chi connectivity index (χ0n) is 28.4. The van der Waals surface area contributed by atoms with Crippen LogP contribution < -0.4 is 0 Å². The highest BCUT2D eigenvalue weighted by molar-refractivity contribution is 6.23. The van der Waals surface area contributed by atoms with Crippen LogP contribution in [-0.2, 0) is 0 Å². The minimum Gasteiger partial charge on any atom is -0.0620 e. The van der Waals surface area contributed by atoms with Crippen LogP contribution in [-0.4, -0.2) is 0 Å². The lowest BCUT2D eigenvalue weighted by molar-refractivity contribution is 1.32. The van der Waals surface area contributed by atoms with E-state index in [1.54, 1.807) is 0 Å². The second-order valence-electron chi connectivity index (χ2n) is 13.4. The Morgan fingerprint density at radius 2 is 0.630 bits per heavy atom. The van der Waals surface area contributed by atoms with E-state index in [0.717, 1.165) is 0 Å². The van der Waals surface area contributed by atoms with E-state index in [2.05, 4.69) is 165 Å². The molecule has 0 unspecified atom stereocenters. The van der Waals surface area contributed by atoms with E-state index in [9.17, 15) is 0 Å². The van der Waals surface area contributed by atoms with Crippen molar-refractivity contribution in [3.8, 4) is 44.5 Å². The second-order valence-corrected chi connectivity index (χ2v) is 13.4. The summed E-state index contributed by atoms with van der Waals surface area (Å²) < 4.78 is 0. The molecule has 0 aliphatic rings. The fraction of sp³-hybridized carbons (Fsp3) is 0.174. The lowest BCUT2D eigenvalue weighted by Crippen LogP contribution is -1.98. The molecule has 0 saturated carbocycles. The highest BCUT2D eigenvalue weighted by atomic mass is 14.3. The molecule has 7 aromatic carbocycles. The normalized spacial score (nSPS) is 11.5. The molecule has 0 radical (unpaired) electrons. The van der Waals surface area contributed by atoms with E-state index in [4.69, 9.17) is 0 Å². The van der Waals surface area contributed by atoms with Crippen molar-refractivity contribution in [2.24, 2.45) is 0 Å². The molecule has 0 atom stereocenters. The van der Waals surface area contributed by atoms with Crippen LogP contribution in [0.5, 0.6) is 0 Å². The molecule has 0 aliphatic heterocycles. The van der Waals surface area contributed by atoms with Crippen LogP contribution in [0.3, 0.4) is 0 Å². The van der Waals surface area contributed by atoms with Crippen LogP contribution in [0.2, 0.25) is 0 Å². The van der Waals surface area contributed by atoms with Crippen LogP contribution in [0.1, 0.15) is 44.5 Å². The van der Waals surface area contributed by atoms with Crippen molar-refractivity contribution in [1.29, 1.82) is 0 Å². The molecule has 226 valence electrons. The first-order valence-electron chi connectivity index (χ1n) is 16.4. The predicted molar refractivity (Wildman–Crippen MR) is 201 cm³/mol. The zero-order chi connectivity index (χ0) is 32.3. The van der Waals surface area contributed by atoms with Crippen LogP contribution in [0.25, 0.3) is 66.1 Å². The van der Waals surface area contributed by atoms with E-state index < -0.39 is 0 Å². The summed E-state index contributed by atoms with van der Waals surface area (Å²) in [7, 11) is 0. The number of rotatable bonds is 4. The Kier molecular flexibility index (Phi) is 7.41. The van der Waals surface area contributed by atoms with E-state index >= 15 is 0 Å². The molecule has 0 aliphatic carbocycles. The fourth-order valence-corrected chi connectivity index (χ4v) is 8.04. The monoisotopic (exact) mass is 594 g/mol. The standard InChI is InChI=1S/C46H42/c1-27-21-31(5)43(32(6)22-27)45-39-19-17-36(38-16-12-10-14-30(38)4)26-42(39)46(44-33(7)23-28(2)24-34(44)8)40-20-18-35(25-41(40)45)37-15-11-9-13-29(37)3/h9-26H,1-8H3. The topological polar surface area (TPSA) is 0 Å².